The number of aromatic nitrogens is 1. The standard InChI is InChI=1S/C25H28N2O3/c1-17(25(29)27-23-14-6-9-18-8-2-3-11-20(18)23)30-24(28)15-7-10-19-16-26-22-13-5-4-12-21(19)22/h2-5,8,11-13,16-17,23,26H,6-7,9-10,14-15H2,1H3,(H,27,29)/t17-,23-/m1/s1. The summed E-state index contributed by atoms with van der Waals surface area (Å²) in [4.78, 5) is 28.1. The van der Waals surface area contributed by atoms with Crippen molar-refractivity contribution < 1.29 is 14.3 Å². The number of aromatic amines is 1. The number of carbonyl (C=O) groups is 2. The fourth-order valence-corrected chi connectivity index (χ4v) is 4.26. The highest BCUT2D eigenvalue weighted by Crippen LogP contribution is 2.29. The molecule has 4 rings (SSSR count). The number of rotatable bonds is 7. The summed E-state index contributed by atoms with van der Waals surface area (Å²) in [6.45, 7) is 1.64. The van der Waals surface area contributed by atoms with Crippen molar-refractivity contribution in [3.8, 4) is 0 Å². The maximum atomic E-state index is 12.6. The molecule has 0 unspecified atom stereocenters. The molecule has 2 aromatic carbocycles. The van der Waals surface area contributed by atoms with Crippen LogP contribution in [0.15, 0.2) is 54.7 Å². The molecule has 30 heavy (non-hydrogen) atoms. The van der Waals surface area contributed by atoms with Crippen LogP contribution in [-0.2, 0) is 27.2 Å². The van der Waals surface area contributed by atoms with E-state index in [2.05, 4.69) is 28.5 Å². The van der Waals surface area contributed by atoms with Crippen LogP contribution < -0.4 is 5.32 Å². The molecule has 1 amide bonds. The van der Waals surface area contributed by atoms with Crippen LogP contribution in [0.1, 0.15) is 55.3 Å². The topological polar surface area (TPSA) is 71.2 Å². The van der Waals surface area contributed by atoms with Gasteiger partial charge in [0, 0.05) is 23.5 Å². The molecule has 5 nitrogen and oxygen atoms in total. The first-order chi connectivity index (χ1) is 14.6. The van der Waals surface area contributed by atoms with Gasteiger partial charge in [-0.25, -0.2) is 0 Å². The summed E-state index contributed by atoms with van der Waals surface area (Å²) < 4.78 is 5.39. The van der Waals surface area contributed by atoms with Crippen LogP contribution in [0, 0.1) is 0 Å². The Balaban J connectivity index is 1.25. The molecule has 1 aliphatic rings. The van der Waals surface area contributed by atoms with Crippen LogP contribution in [-0.4, -0.2) is 23.0 Å². The number of fused-ring (bicyclic) bond motifs is 2. The lowest BCUT2D eigenvalue weighted by Crippen LogP contribution is -2.39. The van der Waals surface area contributed by atoms with E-state index < -0.39 is 6.10 Å². The minimum Gasteiger partial charge on any atom is -0.453 e. The third kappa shape index (κ3) is 4.56. The van der Waals surface area contributed by atoms with Crippen molar-refractivity contribution in [2.45, 2.75) is 57.6 Å². The first-order valence-electron chi connectivity index (χ1n) is 10.7. The minimum atomic E-state index is -0.792. The maximum absolute atomic E-state index is 12.6. The second-order valence-corrected chi connectivity index (χ2v) is 8.00. The lowest BCUT2D eigenvalue weighted by molar-refractivity contribution is -0.155. The molecule has 0 bridgehead atoms. The van der Waals surface area contributed by atoms with E-state index in [1.54, 1.807) is 6.92 Å². The van der Waals surface area contributed by atoms with E-state index in [9.17, 15) is 9.59 Å². The second-order valence-electron chi connectivity index (χ2n) is 8.00. The van der Waals surface area contributed by atoms with Crippen LogP contribution in [0.2, 0.25) is 0 Å². The predicted molar refractivity (Wildman–Crippen MR) is 117 cm³/mol. The fraction of sp³-hybridized carbons (Fsp3) is 0.360. The van der Waals surface area contributed by atoms with E-state index in [1.165, 1.54) is 22.1 Å². The van der Waals surface area contributed by atoms with Crippen molar-refractivity contribution in [3.63, 3.8) is 0 Å². The number of benzene rings is 2. The van der Waals surface area contributed by atoms with Gasteiger partial charge in [0.1, 0.15) is 0 Å². The van der Waals surface area contributed by atoms with Gasteiger partial charge in [0.2, 0.25) is 0 Å². The Kier molecular flexibility index (Phi) is 6.17. The SMILES string of the molecule is C[C@@H](OC(=O)CCCc1c[nH]c2ccccc12)C(=O)N[C@@H]1CCCc2ccccc21. The van der Waals surface area contributed by atoms with Crippen LogP contribution in [0.5, 0.6) is 0 Å². The van der Waals surface area contributed by atoms with Crippen LogP contribution in [0.4, 0.5) is 0 Å². The minimum absolute atomic E-state index is 0.00882. The number of esters is 1. The molecule has 1 heterocycles. The molecule has 2 N–H and O–H groups in total. The van der Waals surface area contributed by atoms with Crippen molar-refractivity contribution in [2.75, 3.05) is 0 Å². The first kappa shape index (κ1) is 20.2. The molecule has 5 heteroatoms. The van der Waals surface area contributed by atoms with E-state index in [4.69, 9.17) is 4.74 Å². The zero-order valence-corrected chi connectivity index (χ0v) is 17.3. The number of para-hydroxylation sites is 1. The van der Waals surface area contributed by atoms with Crippen molar-refractivity contribution in [3.05, 3.63) is 71.4 Å². The predicted octanol–water partition coefficient (Wildman–Crippen LogP) is 4.62. The third-order valence-electron chi connectivity index (χ3n) is 5.87. The van der Waals surface area contributed by atoms with E-state index in [1.807, 2.05) is 36.5 Å². The van der Waals surface area contributed by atoms with Gasteiger partial charge in [-0.05, 0) is 61.8 Å². The highest BCUT2D eigenvalue weighted by atomic mass is 16.5. The normalized spacial score (nSPS) is 16.6. The maximum Gasteiger partial charge on any atom is 0.306 e. The molecule has 0 saturated heterocycles. The summed E-state index contributed by atoms with van der Waals surface area (Å²) >= 11 is 0. The molecule has 3 aromatic rings. The van der Waals surface area contributed by atoms with Gasteiger partial charge in [-0.3, -0.25) is 9.59 Å². The molecule has 2 atom stereocenters. The number of hydrogen-bond acceptors (Lipinski definition) is 3. The van der Waals surface area contributed by atoms with Crippen LogP contribution in [0.3, 0.4) is 0 Å². The molecule has 1 aliphatic carbocycles. The number of H-pyrrole nitrogens is 1. The summed E-state index contributed by atoms with van der Waals surface area (Å²) in [7, 11) is 0. The third-order valence-corrected chi connectivity index (χ3v) is 5.87. The fourth-order valence-electron chi connectivity index (χ4n) is 4.26. The van der Waals surface area contributed by atoms with Crippen molar-refractivity contribution in [2.24, 2.45) is 0 Å². The second kappa shape index (κ2) is 9.16. The number of hydrogen-bond donors (Lipinski definition) is 2. The summed E-state index contributed by atoms with van der Waals surface area (Å²) in [6, 6.07) is 16.3. The highest BCUT2D eigenvalue weighted by Gasteiger charge is 2.25. The van der Waals surface area contributed by atoms with E-state index in [0.717, 1.165) is 31.2 Å². The van der Waals surface area contributed by atoms with Crippen molar-refractivity contribution in [1.82, 2.24) is 10.3 Å². The van der Waals surface area contributed by atoms with Gasteiger partial charge in [-0.15, -0.1) is 0 Å². The van der Waals surface area contributed by atoms with Gasteiger partial charge in [0.25, 0.3) is 5.91 Å². The van der Waals surface area contributed by atoms with Crippen molar-refractivity contribution >= 4 is 22.8 Å². The largest absolute Gasteiger partial charge is 0.453 e. The Morgan fingerprint density at radius 3 is 2.87 bits per heavy atom. The summed E-state index contributed by atoms with van der Waals surface area (Å²) in [6.07, 6.45) is 5.97. The lowest BCUT2D eigenvalue weighted by Gasteiger charge is -2.27. The average Bonchev–Trinajstić information content (AvgIpc) is 3.17. The molecule has 0 saturated carbocycles. The molecular weight excluding hydrogens is 376 g/mol. The first-order valence-corrected chi connectivity index (χ1v) is 10.7. The van der Waals surface area contributed by atoms with Crippen molar-refractivity contribution in [1.29, 1.82) is 0 Å². The number of aryl methyl sites for hydroxylation is 2. The number of nitrogens with one attached hydrogen (secondary N) is 2. The highest BCUT2D eigenvalue weighted by molar-refractivity contribution is 5.84. The Labute approximate surface area is 176 Å². The number of ether oxygens (including phenoxy) is 1. The van der Waals surface area contributed by atoms with Crippen LogP contribution >= 0.6 is 0 Å². The van der Waals surface area contributed by atoms with E-state index in [-0.39, 0.29) is 17.9 Å². The number of amides is 1. The Morgan fingerprint density at radius 2 is 1.97 bits per heavy atom. The quantitative estimate of drug-likeness (QED) is 0.565. The zero-order valence-electron chi connectivity index (χ0n) is 17.3. The summed E-state index contributed by atoms with van der Waals surface area (Å²) in [5.41, 5.74) is 4.76. The van der Waals surface area contributed by atoms with Crippen LogP contribution in [0.25, 0.3) is 10.9 Å². The Morgan fingerprint density at radius 1 is 1.17 bits per heavy atom. The molecule has 1 aromatic heterocycles. The summed E-state index contributed by atoms with van der Waals surface area (Å²) in [5, 5.41) is 4.24. The number of carbonyl (C=O) groups excluding carboxylic acids is 2. The molecule has 0 spiro atoms. The Hall–Kier alpha value is -3.08. The van der Waals surface area contributed by atoms with Gasteiger partial charge in [0.15, 0.2) is 6.10 Å². The smallest absolute Gasteiger partial charge is 0.306 e. The monoisotopic (exact) mass is 404 g/mol. The lowest BCUT2D eigenvalue weighted by atomic mass is 9.87. The van der Waals surface area contributed by atoms with Gasteiger partial charge in [-0.2, -0.15) is 0 Å². The average molecular weight is 405 g/mol. The van der Waals surface area contributed by atoms with Gasteiger partial charge in [-0.1, -0.05) is 42.5 Å². The van der Waals surface area contributed by atoms with Gasteiger partial charge < -0.3 is 15.0 Å². The van der Waals surface area contributed by atoms with E-state index >= 15 is 0 Å². The van der Waals surface area contributed by atoms with E-state index in [0.29, 0.717) is 12.8 Å². The Bertz CT molecular complexity index is 1040. The zero-order chi connectivity index (χ0) is 20.9. The molecule has 156 valence electrons. The summed E-state index contributed by atoms with van der Waals surface area (Å²) in [5.74, 6) is -0.566. The van der Waals surface area contributed by atoms with Gasteiger partial charge in [0.05, 0.1) is 6.04 Å². The molecule has 0 aliphatic heterocycles. The molecule has 0 fully saturated rings. The molecule has 0 radical (unpaired) electrons. The molecular formula is C25H28N2O3. The van der Waals surface area contributed by atoms with Gasteiger partial charge >= 0.3 is 5.97 Å².